The van der Waals surface area contributed by atoms with Crippen LogP contribution in [-0.2, 0) is 15.8 Å². The maximum Gasteiger partial charge on any atom is 0.213 e. The summed E-state index contributed by atoms with van der Waals surface area (Å²) in [7, 11) is -3.54. The maximum absolute atomic E-state index is 11.2. The van der Waals surface area contributed by atoms with Crippen molar-refractivity contribution in [1.82, 2.24) is 4.98 Å². The lowest BCUT2D eigenvalue weighted by Crippen LogP contribution is -2.14. The van der Waals surface area contributed by atoms with E-state index >= 15 is 0 Å². The minimum atomic E-state index is -3.54. The summed E-state index contributed by atoms with van der Waals surface area (Å²) in [5.41, 5.74) is 4.33. The summed E-state index contributed by atoms with van der Waals surface area (Å²) < 4.78 is 22.4. The molecule has 0 aliphatic rings. The van der Waals surface area contributed by atoms with Gasteiger partial charge in [0.2, 0.25) is 10.0 Å². The molecule has 0 radical (unpaired) electrons. The molecule has 0 aliphatic carbocycles. The molecule has 0 unspecified atom stereocenters. The third-order valence-corrected chi connectivity index (χ3v) is 4.91. The van der Waals surface area contributed by atoms with E-state index in [1.807, 2.05) is 60.7 Å². The number of nitrogens with one attached hydrogen (secondary N) is 1. The first-order chi connectivity index (χ1) is 12.5. The fourth-order valence-electron chi connectivity index (χ4n) is 3.04. The van der Waals surface area contributed by atoms with Crippen LogP contribution in [0.5, 0.6) is 0 Å². The molecule has 0 atom stereocenters. The van der Waals surface area contributed by atoms with Crippen LogP contribution in [0.4, 0.5) is 11.4 Å². The number of nitrogens with zero attached hydrogens (tertiary/aromatic N) is 1. The van der Waals surface area contributed by atoms with Gasteiger partial charge in [-0.2, -0.15) is 0 Å². The number of halogens is 1. The highest BCUT2D eigenvalue weighted by atomic mass is 35.5. The number of fused-ring (bicyclic) bond motifs is 2. The molecular formula is C20H18ClN3O2S. The maximum atomic E-state index is 11.2. The smallest absolute Gasteiger partial charge is 0.213 e. The van der Waals surface area contributed by atoms with Crippen LogP contribution >= 0.6 is 12.4 Å². The Morgan fingerprint density at radius 1 is 0.815 bits per heavy atom. The summed E-state index contributed by atoms with van der Waals surface area (Å²) in [6, 6.07) is 23.2. The molecule has 0 amide bonds. The van der Waals surface area contributed by atoms with E-state index in [2.05, 4.69) is 5.32 Å². The second-order valence-electron chi connectivity index (χ2n) is 6.15. The number of anilines is 2. The predicted octanol–water partition coefficient (Wildman–Crippen LogP) is 4.34. The standard InChI is InChI=1S/C20H17N3O2S.ClH/c21-26(24,25)13-14-9-11-15(12-10-14)22-20-16-5-1-3-7-18(16)23-19-8-4-2-6-17(19)20;/h1-12H,13H2,(H,22,23)(H2,21,24,25);1H. The molecule has 0 aliphatic heterocycles. The highest BCUT2D eigenvalue weighted by Gasteiger charge is 2.09. The normalized spacial score (nSPS) is 11.3. The molecule has 0 saturated heterocycles. The SMILES string of the molecule is Cl.NS(=O)(=O)Cc1ccc(Nc2c3ccccc3nc3ccccc23)cc1. The molecule has 0 bridgehead atoms. The molecule has 3 aromatic carbocycles. The van der Waals surface area contributed by atoms with Gasteiger partial charge in [-0.05, 0) is 29.8 Å². The summed E-state index contributed by atoms with van der Waals surface area (Å²) in [5, 5.41) is 10.6. The zero-order valence-corrected chi connectivity index (χ0v) is 15.9. The van der Waals surface area contributed by atoms with Gasteiger partial charge in [0.15, 0.2) is 0 Å². The fraction of sp³-hybridized carbons (Fsp3) is 0.0500. The topological polar surface area (TPSA) is 85.1 Å². The molecule has 138 valence electrons. The number of para-hydroxylation sites is 2. The van der Waals surface area contributed by atoms with Crippen molar-refractivity contribution >= 4 is 55.6 Å². The molecule has 7 heteroatoms. The Morgan fingerprint density at radius 3 is 1.85 bits per heavy atom. The lowest BCUT2D eigenvalue weighted by atomic mass is 10.1. The number of hydrogen-bond donors (Lipinski definition) is 2. The van der Waals surface area contributed by atoms with E-state index < -0.39 is 10.0 Å². The zero-order valence-electron chi connectivity index (χ0n) is 14.3. The molecule has 4 rings (SSSR count). The summed E-state index contributed by atoms with van der Waals surface area (Å²) in [4.78, 5) is 4.71. The van der Waals surface area contributed by atoms with E-state index in [0.29, 0.717) is 5.56 Å². The minimum absolute atomic E-state index is 0. The first-order valence-corrected chi connectivity index (χ1v) is 9.85. The first kappa shape index (κ1) is 19.1. The van der Waals surface area contributed by atoms with E-state index in [9.17, 15) is 8.42 Å². The van der Waals surface area contributed by atoms with Gasteiger partial charge in [-0.3, -0.25) is 0 Å². The van der Waals surface area contributed by atoms with Gasteiger partial charge < -0.3 is 5.32 Å². The average Bonchev–Trinajstić information content (AvgIpc) is 2.62. The fourth-order valence-corrected chi connectivity index (χ4v) is 3.69. The van der Waals surface area contributed by atoms with Crippen LogP contribution in [0, 0.1) is 0 Å². The molecular weight excluding hydrogens is 382 g/mol. The molecule has 0 fully saturated rings. The Labute approximate surface area is 163 Å². The molecule has 3 N–H and O–H groups in total. The van der Waals surface area contributed by atoms with Crippen molar-refractivity contribution in [3.63, 3.8) is 0 Å². The highest BCUT2D eigenvalue weighted by molar-refractivity contribution is 7.88. The van der Waals surface area contributed by atoms with Gasteiger partial charge >= 0.3 is 0 Å². The van der Waals surface area contributed by atoms with Gasteiger partial charge in [0.25, 0.3) is 0 Å². The van der Waals surface area contributed by atoms with Crippen molar-refractivity contribution in [1.29, 1.82) is 0 Å². The highest BCUT2D eigenvalue weighted by Crippen LogP contribution is 2.32. The van der Waals surface area contributed by atoms with Gasteiger partial charge in [-0.15, -0.1) is 12.4 Å². The van der Waals surface area contributed by atoms with Crippen molar-refractivity contribution in [3.05, 3.63) is 78.4 Å². The minimum Gasteiger partial charge on any atom is -0.354 e. The van der Waals surface area contributed by atoms with Crippen LogP contribution in [0.2, 0.25) is 0 Å². The van der Waals surface area contributed by atoms with Crippen molar-refractivity contribution in [2.75, 3.05) is 5.32 Å². The third-order valence-electron chi connectivity index (χ3n) is 4.18. The van der Waals surface area contributed by atoms with Crippen LogP contribution in [0.1, 0.15) is 5.56 Å². The Hall–Kier alpha value is -2.67. The van der Waals surface area contributed by atoms with E-state index in [1.54, 1.807) is 12.1 Å². The van der Waals surface area contributed by atoms with Crippen LogP contribution in [0.15, 0.2) is 72.8 Å². The number of nitrogens with two attached hydrogens (primary N) is 1. The van der Waals surface area contributed by atoms with E-state index in [4.69, 9.17) is 10.1 Å². The Morgan fingerprint density at radius 2 is 1.33 bits per heavy atom. The van der Waals surface area contributed by atoms with E-state index in [-0.39, 0.29) is 18.2 Å². The molecule has 5 nitrogen and oxygen atoms in total. The van der Waals surface area contributed by atoms with E-state index in [0.717, 1.165) is 33.2 Å². The van der Waals surface area contributed by atoms with Crippen molar-refractivity contribution in [2.24, 2.45) is 5.14 Å². The number of hydrogen-bond acceptors (Lipinski definition) is 4. The van der Waals surface area contributed by atoms with Gasteiger partial charge in [-0.25, -0.2) is 18.5 Å². The monoisotopic (exact) mass is 399 g/mol. The van der Waals surface area contributed by atoms with E-state index in [1.165, 1.54) is 0 Å². The van der Waals surface area contributed by atoms with Crippen molar-refractivity contribution in [2.45, 2.75) is 5.75 Å². The van der Waals surface area contributed by atoms with Gasteiger partial charge in [0.1, 0.15) is 0 Å². The lowest BCUT2D eigenvalue weighted by molar-refractivity contribution is 0.597. The predicted molar refractivity (Wildman–Crippen MR) is 113 cm³/mol. The number of primary sulfonamides is 1. The largest absolute Gasteiger partial charge is 0.354 e. The summed E-state index contributed by atoms with van der Waals surface area (Å²) >= 11 is 0. The van der Waals surface area contributed by atoms with Crippen LogP contribution in [-0.4, -0.2) is 13.4 Å². The van der Waals surface area contributed by atoms with Gasteiger partial charge in [0.05, 0.1) is 22.5 Å². The first-order valence-electron chi connectivity index (χ1n) is 8.13. The molecule has 27 heavy (non-hydrogen) atoms. The Bertz CT molecular complexity index is 1160. The zero-order chi connectivity index (χ0) is 18.1. The summed E-state index contributed by atoms with van der Waals surface area (Å²) in [6.45, 7) is 0. The van der Waals surface area contributed by atoms with Crippen LogP contribution in [0.3, 0.4) is 0 Å². The van der Waals surface area contributed by atoms with Gasteiger partial charge in [-0.1, -0.05) is 48.5 Å². The Balaban J connectivity index is 0.00000210. The van der Waals surface area contributed by atoms with Crippen LogP contribution in [0.25, 0.3) is 21.8 Å². The molecule has 0 saturated carbocycles. The number of pyridine rings is 1. The molecule has 4 aromatic rings. The molecule has 0 spiro atoms. The third kappa shape index (κ3) is 4.19. The number of rotatable bonds is 4. The summed E-state index contributed by atoms with van der Waals surface area (Å²) in [6.07, 6.45) is 0. The molecule has 1 heterocycles. The summed E-state index contributed by atoms with van der Waals surface area (Å²) in [5.74, 6) is -0.172. The van der Waals surface area contributed by atoms with Crippen molar-refractivity contribution in [3.8, 4) is 0 Å². The second kappa shape index (κ2) is 7.52. The van der Waals surface area contributed by atoms with Crippen molar-refractivity contribution < 1.29 is 8.42 Å². The average molecular weight is 400 g/mol. The lowest BCUT2D eigenvalue weighted by Gasteiger charge is -2.13. The van der Waals surface area contributed by atoms with Gasteiger partial charge in [0, 0.05) is 16.5 Å². The number of sulfonamides is 1. The van der Waals surface area contributed by atoms with Crippen LogP contribution < -0.4 is 10.5 Å². The number of aromatic nitrogens is 1. The molecule has 1 aromatic heterocycles. The second-order valence-corrected chi connectivity index (χ2v) is 7.76. The number of benzene rings is 3. The Kier molecular flexibility index (Phi) is 5.32. The quantitative estimate of drug-likeness (QED) is 0.500.